The molecule has 3 nitrogen and oxygen atoms in total. The molecule has 1 unspecified atom stereocenters. The van der Waals surface area contributed by atoms with Crippen molar-refractivity contribution in [3.05, 3.63) is 29.8 Å². The Labute approximate surface area is 91.2 Å². The van der Waals surface area contributed by atoms with Crippen molar-refractivity contribution in [1.82, 2.24) is 0 Å². The average Bonchev–Trinajstić information content (AvgIpc) is 2.26. The van der Waals surface area contributed by atoms with Crippen LogP contribution in [0.15, 0.2) is 24.3 Å². The molecule has 0 bridgehead atoms. The monoisotopic (exact) mass is 209 g/mol. The molecule has 1 atom stereocenters. The maximum absolute atomic E-state index is 5.96. The topological polar surface area (TPSA) is 44.5 Å². The fourth-order valence-corrected chi connectivity index (χ4v) is 1.47. The van der Waals surface area contributed by atoms with E-state index < -0.39 is 0 Å². The molecule has 0 aliphatic carbocycles. The number of methoxy groups -OCH3 is 2. The minimum Gasteiger partial charge on any atom is -0.497 e. The summed E-state index contributed by atoms with van der Waals surface area (Å²) >= 11 is 0. The van der Waals surface area contributed by atoms with E-state index in [-0.39, 0.29) is 6.04 Å². The van der Waals surface area contributed by atoms with Crippen LogP contribution >= 0.6 is 0 Å². The van der Waals surface area contributed by atoms with E-state index in [1.807, 2.05) is 18.2 Å². The summed E-state index contributed by atoms with van der Waals surface area (Å²) in [4.78, 5) is 0. The van der Waals surface area contributed by atoms with E-state index in [0.717, 1.165) is 18.6 Å². The molecule has 2 N–H and O–H groups in total. The normalized spacial score (nSPS) is 12.5. The second-order valence-corrected chi connectivity index (χ2v) is 3.60. The van der Waals surface area contributed by atoms with Crippen molar-refractivity contribution in [2.75, 3.05) is 20.8 Å². The summed E-state index contributed by atoms with van der Waals surface area (Å²) in [6.45, 7) is 0.713. The van der Waals surface area contributed by atoms with Crippen LogP contribution in [-0.2, 0) is 11.2 Å². The standard InChI is InChI=1S/C12H19NO2/c1-14-7-6-11(13)8-10-4-3-5-12(9-10)15-2/h3-5,9,11H,6-8,13H2,1-2H3. The number of rotatable bonds is 6. The van der Waals surface area contributed by atoms with Gasteiger partial charge in [0.05, 0.1) is 7.11 Å². The number of benzene rings is 1. The van der Waals surface area contributed by atoms with Gasteiger partial charge in [0.2, 0.25) is 0 Å². The van der Waals surface area contributed by atoms with Crippen LogP contribution in [0.5, 0.6) is 5.75 Å². The van der Waals surface area contributed by atoms with Crippen molar-refractivity contribution in [1.29, 1.82) is 0 Å². The number of ether oxygens (including phenoxy) is 2. The number of hydrogen-bond acceptors (Lipinski definition) is 3. The second kappa shape index (κ2) is 6.43. The summed E-state index contributed by atoms with van der Waals surface area (Å²) in [5.74, 6) is 0.881. The van der Waals surface area contributed by atoms with Gasteiger partial charge in [0, 0.05) is 19.8 Å². The van der Waals surface area contributed by atoms with Gasteiger partial charge in [0.25, 0.3) is 0 Å². The van der Waals surface area contributed by atoms with Crippen LogP contribution in [0.4, 0.5) is 0 Å². The molecule has 0 aromatic heterocycles. The summed E-state index contributed by atoms with van der Waals surface area (Å²) in [7, 11) is 3.36. The van der Waals surface area contributed by atoms with Crippen LogP contribution in [0.2, 0.25) is 0 Å². The predicted octanol–water partition coefficient (Wildman–Crippen LogP) is 1.60. The van der Waals surface area contributed by atoms with Gasteiger partial charge in [0.1, 0.15) is 5.75 Å². The third-order valence-electron chi connectivity index (χ3n) is 2.32. The van der Waals surface area contributed by atoms with E-state index in [2.05, 4.69) is 6.07 Å². The molecular weight excluding hydrogens is 190 g/mol. The quantitative estimate of drug-likeness (QED) is 0.774. The lowest BCUT2D eigenvalue weighted by molar-refractivity contribution is 0.188. The van der Waals surface area contributed by atoms with E-state index >= 15 is 0 Å². The van der Waals surface area contributed by atoms with Crippen LogP contribution in [0.25, 0.3) is 0 Å². The molecule has 0 amide bonds. The van der Waals surface area contributed by atoms with Crippen LogP contribution in [0, 0.1) is 0 Å². The molecule has 0 aliphatic rings. The molecule has 0 aliphatic heterocycles. The lowest BCUT2D eigenvalue weighted by Gasteiger charge is -2.11. The largest absolute Gasteiger partial charge is 0.497 e. The Morgan fingerprint density at radius 3 is 2.80 bits per heavy atom. The third-order valence-corrected chi connectivity index (χ3v) is 2.32. The van der Waals surface area contributed by atoms with Crippen molar-refractivity contribution < 1.29 is 9.47 Å². The molecule has 1 rings (SSSR count). The van der Waals surface area contributed by atoms with Crippen molar-refractivity contribution in [2.24, 2.45) is 5.73 Å². The van der Waals surface area contributed by atoms with Gasteiger partial charge in [-0.1, -0.05) is 12.1 Å². The Kier molecular flexibility index (Phi) is 5.15. The maximum Gasteiger partial charge on any atom is 0.119 e. The molecule has 0 saturated carbocycles. The highest BCUT2D eigenvalue weighted by molar-refractivity contribution is 5.28. The smallest absolute Gasteiger partial charge is 0.119 e. The predicted molar refractivity (Wildman–Crippen MR) is 61.2 cm³/mol. The second-order valence-electron chi connectivity index (χ2n) is 3.60. The van der Waals surface area contributed by atoms with E-state index in [1.54, 1.807) is 14.2 Å². The van der Waals surface area contributed by atoms with Gasteiger partial charge in [-0.05, 0) is 30.5 Å². The Morgan fingerprint density at radius 2 is 2.13 bits per heavy atom. The molecule has 0 heterocycles. The highest BCUT2D eigenvalue weighted by Crippen LogP contribution is 2.14. The lowest BCUT2D eigenvalue weighted by atomic mass is 10.0. The highest BCUT2D eigenvalue weighted by atomic mass is 16.5. The molecule has 1 aromatic carbocycles. The third kappa shape index (κ3) is 4.32. The first-order valence-corrected chi connectivity index (χ1v) is 5.13. The molecule has 0 radical (unpaired) electrons. The Hall–Kier alpha value is -1.06. The first-order valence-electron chi connectivity index (χ1n) is 5.13. The summed E-state index contributed by atoms with van der Waals surface area (Å²) in [5.41, 5.74) is 7.17. The SMILES string of the molecule is COCCC(N)Cc1cccc(OC)c1. The highest BCUT2D eigenvalue weighted by Gasteiger charge is 2.04. The molecule has 15 heavy (non-hydrogen) atoms. The zero-order chi connectivity index (χ0) is 11.1. The summed E-state index contributed by atoms with van der Waals surface area (Å²) in [5, 5.41) is 0. The first kappa shape index (κ1) is 12.0. The van der Waals surface area contributed by atoms with Gasteiger partial charge < -0.3 is 15.2 Å². The van der Waals surface area contributed by atoms with Gasteiger partial charge in [0.15, 0.2) is 0 Å². The zero-order valence-corrected chi connectivity index (χ0v) is 9.40. The van der Waals surface area contributed by atoms with Gasteiger partial charge in [-0.25, -0.2) is 0 Å². The molecule has 84 valence electrons. The minimum atomic E-state index is 0.150. The van der Waals surface area contributed by atoms with E-state index in [4.69, 9.17) is 15.2 Å². The average molecular weight is 209 g/mol. The first-order chi connectivity index (χ1) is 7.26. The maximum atomic E-state index is 5.96. The van der Waals surface area contributed by atoms with Crippen molar-refractivity contribution in [2.45, 2.75) is 18.9 Å². The van der Waals surface area contributed by atoms with Crippen LogP contribution in [0.1, 0.15) is 12.0 Å². The van der Waals surface area contributed by atoms with Gasteiger partial charge in [-0.15, -0.1) is 0 Å². The summed E-state index contributed by atoms with van der Waals surface area (Å²) in [6, 6.07) is 8.15. The minimum absolute atomic E-state index is 0.150. The molecule has 0 saturated heterocycles. The fourth-order valence-electron chi connectivity index (χ4n) is 1.47. The number of hydrogen-bond donors (Lipinski definition) is 1. The van der Waals surface area contributed by atoms with Crippen LogP contribution in [-0.4, -0.2) is 26.9 Å². The Balaban J connectivity index is 2.48. The van der Waals surface area contributed by atoms with E-state index in [1.165, 1.54) is 5.56 Å². The van der Waals surface area contributed by atoms with Crippen molar-refractivity contribution in [3.8, 4) is 5.75 Å². The molecule has 0 fully saturated rings. The van der Waals surface area contributed by atoms with Gasteiger partial charge in [-0.3, -0.25) is 0 Å². The Morgan fingerprint density at radius 1 is 1.33 bits per heavy atom. The summed E-state index contributed by atoms with van der Waals surface area (Å²) in [6.07, 6.45) is 1.74. The van der Waals surface area contributed by atoms with Crippen LogP contribution in [0.3, 0.4) is 0 Å². The van der Waals surface area contributed by atoms with Gasteiger partial charge in [-0.2, -0.15) is 0 Å². The lowest BCUT2D eigenvalue weighted by Crippen LogP contribution is -2.24. The molecular formula is C12H19NO2. The number of nitrogens with two attached hydrogens (primary N) is 1. The van der Waals surface area contributed by atoms with Crippen molar-refractivity contribution in [3.63, 3.8) is 0 Å². The van der Waals surface area contributed by atoms with E-state index in [9.17, 15) is 0 Å². The zero-order valence-electron chi connectivity index (χ0n) is 9.40. The summed E-state index contributed by atoms with van der Waals surface area (Å²) < 4.78 is 10.1. The van der Waals surface area contributed by atoms with E-state index in [0.29, 0.717) is 6.61 Å². The van der Waals surface area contributed by atoms with Crippen LogP contribution < -0.4 is 10.5 Å². The molecule has 1 aromatic rings. The molecule has 0 spiro atoms. The van der Waals surface area contributed by atoms with Crippen molar-refractivity contribution >= 4 is 0 Å². The van der Waals surface area contributed by atoms with Gasteiger partial charge >= 0.3 is 0 Å². The molecule has 3 heteroatoms. The fraction of sp³-hybridized carbons (Fsp3) is 0.500. The Bertz CT molecular complexity index is 289.